The van der Waals surface area contributed by atoms with E-state index < -0.39 is 0 Å². The lowest BCUT2D eigenvalue weighted by molar-refractivity contribution is -0.130. The molecule has 18 heavy (non-hydrogen) atoms. The summed E-state index contributed by atoms with van der Waals surface area (Å²) in [5.74, 6) is 0.809. The number of ether oxygens (including phenoxy) is 1. The van der Waals surface area contributed by atoms with Gasteiger partial charge in [0.25, 0.3) is 0 Å². The maximum Gasteiger partial charge on any atom is 0.222 e. The fourth-order valence-electron chi connectivity index (χ4n) is 1.59. The highest BCUT2D eigenvalue weighted by Crippen LogP contribution is 2.25. The van der Waals surface area contributed by atoms with Gasteiger partial charge in [0.1, 0.15) is 5.75 Å². The first-order valence-electron chi connectivity index (χ1n) is 5.75. The first kappa shape index (κ1) is 15.0. The fourth-order valence-corrected chi connectivity index (χ4v) is 2.18. The summed E-state index contributed by atoms with van der Waals surface area (Å²) in [4.78, 5) is 13.3. The molecule has 0 unspecified atom stereocenters. The third kappa shape index (κ3) is 4.31. The van der Waals surface area contributed by atoms with Crippen molar-refractivity contribution in [1.29, 1.82) is 0 Å². The minimum absolute atomic E-state index is 0.0380. The molecule has 1 aromatic rings. The molecule has 100 valence electrons. The molecule has 1 N–H and O–H groups in total. The van der Waals surface area contributed by atoms with Gasteiger partial charge in [0.15, 0.2) is 0 Å². The largest absolute Gasteiger partial charge is 0.496 e. The van der Waals surface area contributed by atoms with Crippen LogP contribution in [-0.4, -0.2) is 36.7 Å². The molecule has 0 bridgehead atoms. The number of nitrogens with zero attached hydrogens (tertiary/aromatic N) is 1. The van der Waals surface area contributed by atoms with Crippen LogP contribution in [0.15, 0.2) is 22.7 Å². The molecule has 0 radical (unpaired) electrons. The molecule has 0 aliphatic carbocycles. The minimum atomic E-state index is 0.0380. The predicted octanol–water partition coefficient (Wildman–Crippen LogP) is 2.19. The van der Waals surface area contributed by atoms with Gasteiger partial charge in [-0.25, -0.2) is 0 Å². The Kier molecular flexibility index (Phi) is 6.15. The third-order valence-corrected chi connectivity index (χ3v) is 3.23. The van der Waals surface area contributed by atoms with Crippen LogP contribution in [0.2, 0.25) is 0 Å². The Morgan fingerprint density at radius 2 is 2.22 bits per heavy atom. The summed E-state index contributed by atoms with van der Waals surface area (Å²) >= 11 is 3.41. The lowest BCUT2D eigenvalue weighted by atomic mass is 10.2. The molecule has 0 saturated carbocycles. The van der Waals surface area contributed by atoms with Gasteiger partial charge in [-0.3, -0.25) is 4.79 Å². The van der Waals surface area contributed by atoms with Crippen LogP contribution in [0.3, 0.4) is 0 Å². The van der Waals surface area contributed by atoms with Crippen LogP contribution in [0, 0.1) is 0 Å². The number of halogens is 1. The minimum Gasteiger partial charge on any atom is -0.496 e. The van der Waals surface area contributed by atoms with Crippen molar-refractivity contribution in [1.82, 2.24) is 4.90 Å². The number of benzene rings is 1. The van der Waals surface area contributed by atoms with Crippen LogP contribution in [-0.2, 0) is 11.3 Å². The summed E-state index contributed by atoms with van der Waals surface area (Å²) < 4.78 is 6.02. The van der Waals surface area contributed by atoms with E-state index in [1.165, 1.54) is 0 Å². The monoisotopic (exact) mass is 315 g/mol. The zero-order chi connectivity index (χ0) is 13.5. The number of aliphatic hydroxyl groups is 1. The van der Waals surface area contributed by atoms with Crippen molar-refractivity contribution >= 4 is 21.8 Å². The molecule has 1 aromatic carbocycles. The number of aliphatic hydroxyl groups excluding tert-OH is 1. The van der Waals surface area contributed by atoms with E-state index in [-0.39, 0.29) is 12.5 Å². The highest BCUT2D eigenvalue weighted by molar-refractivity contribution is 9.10. The zero-order valence-electron chi connectivity index (χ0n) is 10.6. The number of hydrogen-bond acceptors (Lipinski definition) is 3. The Balaban J connectivity index is 2.61. The summed E-state index contributed by atoms with van der Waals surface area (Å²) in [7, 11) is 3.38. The van der Waals surface area contributed by atoms with Gasteiger partial charge in [-0.2, -0.15) is 0 Å². The summed E-state index contributed by atoms with van der Waals surface area (Å²) in [6.07, 6.45) is 0.889. The van der Waals surface area contributed by atoms with E-state index in [0.717, 1.165) is 15.8 Å². The normalized spacial score (nSPS) is 10.2. The Labute approximate surface area is 116 Å². The van der Waals surface area contributed by atoms with Gasteiger partial charge in [0.2, 0.25) is 5.91 Å². The number of methoxy groups -OCH3 is 1. The maximum absolute atomic E-state index is 11.7. The van der Waals surface area contributed by atoms with E-state index in [9.17, 15) is 4.79 Å². The lowest BCUT2D eigenvalue weighted by Crippen LogP contribution is -2.26. The Morgan fingerprint density at radius 1 is 1.50 bits per heavy atom. The smallest absolute Gasteiger partial charge is 0.222 e. The van der Waals surface area contributed by atoms with E-state index in [2.05, 4.69) is 15.9 Å². The quantitative estimate of drug-likeness (QED) is 0.875. The SMILES string of the molecule is COc1ccc(CN(C)C(=O)CCCO)cc1Br. The van der Waals surface area contributed by atoms with Crippen molar-refractivity contribution in [3.8, 4) is 5.75 Å². The zero-order valence-corrected chi connectivity index (χ0v) is 12.2. The number of carbonyl (C=O) groups excluding carboxylic acids is 1. The first-order chi connectivity index (χ1) is 8.58. The molecule has 0 spiro atoms. The Hall–Kier alpha value is -1.07. The summed E-state index contributed by atoms with van der Waals surface area (Å²) in [6, 6.07) is 5.74. The van der Waals surface area contributed by atoms with Crippen molar-refractivity contribution in [3.05, 3.63) is 28.2 Å². The van der Waals surface area contributed by atoms with Crippen LogP contribution in [0.25, 0.3) is 0 Å². The number of hydrogen-bond donors (Lipinski definition) is 1. The van der Waals surface area contributed by atoms with Crippen molar-refractivity contribution in [3.63, 3.8) is 0 Å². The second-order valence-electron chi connectivity index (χ2n) is 4.05. The van der Waals surface area contributed by atoms with Crippen LogP contribution in [0.1, 0.15) is 18.4 Å². The van der Waals surface area contributed by atoms with E-state index in [1.807, 2.05) is 18.2 Å². The van der Waals surface area contributed by atoms with Crippen molar-refractivity contribution in [2.24, 2.45) is 0 Å². The molecular weight excluding hydrogens is 298 g/mol. The molecule has 0 aliphatic rings. The Morgan fingerprint density at radius 3 is 2.78 bits per heavy atom. The molecule has 0 saturated heterocycles. The van der Waals surface area contributed by atoms with Gasteiger partial charge in [0, 0.05) is 26.6 Å². The summed E-state index contributed by atoms with van der Waals surface area (Å²) in [5.41, 5.74) is 1.03. The highest BCUT2D eigenvalue weighted by Gasteiger charge is 2.09. The van der Waals surface area contributed by atoms with Crippen LogP contribution < -0.4 is 4.74 Å². The number of rotatable bonds is 6. The van der Waals surface area contributed by atoms with Gasteiger partial charge in [-0.05, 0) is 40.0 Å². The maximum atomic E-state index is 11.7. The highest BCUT2D eigenvalue weighted by atomic mass is 79.9. The van der Waals surface area contributed by atoms with Gasteiger partial charge < -0.3 is 14.7 Å². The van der Waals surface area contributed by atoms with E-state index >= 15 is 0 Å². The molecule has 5 heteroatoms. The second kappa shape index (κ2) is 7.38. The van der Waals surface area contributed by atoms with Crippen molar-refractivity contribution in [2.75, 3.05) is 20.8 Å². The van der Waals surface area contributed by atoms with Crippen molar-refractivity contribution in [2.45, 2.75) is 19.4 Å². The molecule has 0 aromatic heterocycles. The molecule has 1 rings (SSSR count). The van der Waals surface area contributed by atoms with Crippen LogP contribution in [0.5, 0.6) is 5.75 Å². The summed E-state index contributed by atoms with van der Waals surface area (Å²) in [5, 5.41) is 8.69. The van der Waals surface area contributed by atoms with Crippen LogP contribution >= 0.6 is 15.9 Å². The topological polar surface area (TPSA) is 49.8 Å². The first-order valence-corrected chi connectivity index (χ1v) is 6.55. The molecule has 0 heterocycles. The van der Waals surface area contributed by atoms with E-state index in [0.29, 0.717) is 19.4 Å². The molecule has 4 nitrogen and oxygen atoms in total. The number of carbonyl (C=O) groups is 1. The third-order valence-electron chi connectivity index (χ3n) is 2.61. The molecule has 0 fully saturated rings. The van der Waals surface area contributed by atoms with E-state index in [1.54, 1.807) is 19.1 Å². The van der Waals surface area contributed by atoms with Crippen molar-refractivity contribution < 1.29 is 14.6 Å². The van der Waals surface area contributed by atoms with Gasteiger partial charge >= 0.3 is 0 Å². The summed E-state index contributed by atoms with van der Waals surface area (Å²) in [6.45, 7) is 0.598. The van der Waals surface area contributed by atoms with Gasteiger partial charge in [0.05, 0.1) is 11.6 Å². The molecule has 0 aliphatic heterocycles. The molecular formula is C13H18BrNO3. The van der Waals surface area contributed by atoms with Gasteiger partial charge in [-0.15, -0.1) is 0 Å². The van der Waals surface area contributed by atoms with E-state index in [4.69, 9.17) is 9.84 Å². The second-order valence-corrected chi connectivity index (χ2v) is 4.90. The number of amides is 1. The average molecular weight is 316 g/mol. The Bertz CT molecular complexity index is 409. The predicted molar refractivity (Wildman–Crippen MR) is 73.5 cm³/mol. The van der Waals surface area contributed by atoms with Crippen LogP contribution in [0.4, 0.5) is 0 Å². The lowest BCUT2D eigenvalue weighted by Gasteiger charge is -2.17. The fraction of sp³-hybridized carbons (Fsp3) is 0.462. The molecule has 0 atom stereocenters. The average Bonchev–Trinajstić information content (AvgIpc) is 2.36. The standard InChI is InChI=1S/C13H18BrNO3/c1-15(13(17)4-3-7-16)9-10-5-6-12(18-2)11(14)8-10/h5-6,8,16H,3-4,7,9H2,1-2H3. The van der Waals surface area contributed by atoms with Gasteiger partial charge in [-0.1, -0.05) is 6.07 Å². The molecule has 1 amide bonds.